The van der Waals surface area contributed by atoms with Crippen molar-refractivity contribution in [2.24, 2.45) is 4.99 Å². The van der Waals surface area contributed by atoms with Crippen molar-refractivity contribution < 1.29 is 8.42 Å². The molecule has 2 rings (SSSR count). The van der Waals surface area contributed by atoms with Crippen molar-refractivity contribution in [1.82, 2.24) is 5.32 Å². The molecule has 0 spiro atoms. The van der Waals surface area contributed by atoms with Crippen molar-refractivity contribution in [2.75, 3.05) is 12.8 Å². The van der Waals surface area contributed by atoms with Crippen molar-refractivity contribution in [3.8, 4) is 0 Å². The maximum atomic E-state index is 11.4. The Bertz CT molecular complexity index is 580. The molecule has 1 aromatic rings. The monoisotopic (exact) mass is 312 g/mol. The summed E-state index contributed by atoms with van der Waals surface area (Å²) >= 11 is 1.80. The molecule has 0 aliphatic carbocycles. The fraction of sp³-hybridized carbons (Fsp3) is 0.500. The zero-order chi connectivity index (χ0) is 14.6. The van der Waals surface area contributed by atoms with Gasteiger partial charge in [-0.1, -0.05) is 37.2 Å². The summed E-state index contributed by atoms with van der Waals surface area (Å²) in [5.41, 5.74) is 1.06. The van der Waals surface area contributed by atoms with E-state index >= 15 is 0 Å². The highest BCUT2D eigenvalue weighted by atomic mass is 32.2. The van der Waals surface area contributed by atoms with Gasteiger partial charge < -0.3 is 5.32 Å². The van der Waals surface area contributed by atoms with E-state index in [-0.39, 0.29) is 0 Å². The van der Waals surface area contributed by atoms with Gasteiger partial charge in [0.2, 0.25) is 0 Å². The molecular formula is C14H20N2O2S2. The van der Waals surface area contributed by atoms with Crippen molar-refractivity contribution >= 4 is 26.8 Å². The first-order valence-electron chi connectivity index (χ1n) is 6.73. The first kappa shape index (κ1) is 15.4. The summed E-state index contributed by atoms with van der Waals surface area (Å²) in [6, 6.07) is 6.98. The maximum Gasteiger partial charge on any atom is 0.175 e. The van der Waals surface area contributed by atoms with Gasteiger partial charge in [-0.3, -0.25) is 4.99 Å². The SMILES string of the molecule is CCCC1CN=C(NCc2ccc(S(C)(=O)=O)cc2)S1. The number of hydrogen-bond donors (Lipinski definition) is 1. The predicted octanol–water partition coefficient (Wildman–Crippen LogP) is 2.45. The third kappa shape index (κ3) is 4.24. The van der Waals surface area contributed by atoms with E-state index in [9.17, 15) is 8.42 Å². The molecule has 1 aliphatic heterocycles. The number of hydrogen-bond acceptors (Lipinski definition) is 5. The molecule has 1 atom stereocenters. The van der Waals surface area contributed by atoms with E-state index in [0.717, 1.165) is 17.3 Å². The molecule has 6 heteroatoms. The number of sulfone groups is 1. The van der Waals surface area contributed by atoms with E-state index in [2.05, 4.69) is 17.2 Å². The van der Waals surface area contributed by atoms with Crippen LogP contribution >= 0.6 is 11.8 Å². The lowest BCUT2D eigenvalue weighted by molar-refractivity contribution is 0.602. The molecule has 1 N–H and O–H groups in total. The lowest BCUT2D eigenvalue weighted by Gasteiger charge is -2.08. The molecule has 1 heterocycles. The van der Waals surface area contributed by atoms with Crippen LogP contribution in [0, 0.1) is 0 Å². The van der Waals surface area contributed by atoms with E-state index in [1.54, 1.807) is 23.9 Å². The predicted molar refractivity (Wildman–Crippen MR) is 85.0 cm³/mol. The number of benzene rings is 1. The Morgan fingerprint density at radius 2 is 2.05 bits per heavy atom. The first-order chi connectivity index (χ1) is 9.49. The van der Waals surface area contributed by atoms with Crippen LogP contribution in [-0.2, 0) is 16.4 Å². The third-order valence-electron chi connectivity index (χ3n) is 3.12. The number of amidine groups is 1. The van der Waals surface area contributed by atoms with Gasteiger partial charge in [0.25, 0.3) is 0 Å². The lowest BCUT2D eigenvalue weighted by atomic mass is 10.2. The van der Waals surface area contributed by atoms with Crippen LogP contribution in [0.3, 0.4) is 0 Å². The van der Waals surface area contributed by atoms with E-state index in [4.69, 9.17) is 0 Å². The molecule has 0 amide bonds. The van der Waals surface area contributed by atoms with Gasteiger partial charge >= 0.3 is 0 Å². The van der Waals surface area contributed by atoms with E-state index in [1.807, 2.05) is 12.1 Å². The molecule has 0 radical (unpaired) electrons. The molecule has 0 saturated carbocycles. The summed E-state index contributed by atoms with van der Waals surface area (Å²) in [6.07, 6.45) is 3.61. The molecule has 0 aromatic heterocycles. The standard InChI is InChI=1S/C14H20N2O2S2/c1-3-4-12-10-16-14(19-12)15-9-11-5-7-13(8-6-11)20(2,17)18/h5-8,12H,3-4,9-10H2,1-2H3,(H,15,16). The Kier molecular flexibility index (Phi) is 5.10. The van der Waals surface area contributed by atoms with Crippen LogP contribution in [0.15, 0.2) is 34.2 Å². The van der Waals surface area contributed by atoms with E-state index < -0.39 is 9.84 Å². The molecule has 110 valence electrons. The third-order valence-corrected chi connectivity index (χ3v) is 5.47. The van der Waals surface area contributed by atoms with Crippen LogP contribution in [-0.4, -0.2) is 31.6 Å². The molecule has 20 heavy (non-hydrogen) atoms. The Morgan fingerprint density at radius 3 is 2.65 bits per heavy atom. The smallest absolute Gasteiger partial charge is 0.175 e. The topological polar surface area (TPSA) is 58.5 Å². The van der Waals surface area contributed by atoms with Crippen molar-refractivity contribution in [2.45, 2.75) is 36.5 Å². The second-order valence-electron chi connectivity index (χ2n) is 4.94. The van der Waals surface area contributed by atoms with Crippen LogP contribution in [0.5, 0.6) is 0 Å². The number of rotatable bonds is 5. The average Bonchev–Trinajstić information content (AvgIpc) is 2.84. The lowest BCUT2D eigenvalue weighted by Crippen LogP contribution is -2.18. The minimum absolute atomic E-state index is 0.358. The minimum atomic E-state index is -3.11. The fourth-order valence-corrected chi connectivity index (χ4v) is 3.77. The Morgan fingerprint density at radius 1 is 1.35 bits per heavy atom. The summed E-state index contributed by atoms with van der Waals surface area (Å²) in [7, 11) is -3.11. The normalized spacial score (nSPS) is 18.9. The molecular weight excluding hydrogens is 292 g/mol. The molecule has 4 nitrogen and oxygen atoms in total. The first-order valence-corrected chi connectivity index (χ1v) is 9.50. The Balaban J connectivity index is 1.86. The van der Waals surface area contributed by atoms with Gasteiger partial charge in [0.1, 0.15) is 0 Å². The van der Waals surface area contributed by atoms with Crippen LogP contribution in [0.1, 0.15) is 25.3 Å². The van der Waals surface area contributed by atoms with Gasteiger partial charge in [-0.05, 0) is 24.1 Å². The maximum absolute atomic E-state index is 11.4. The zero-order valence-corrected chi connectivity index (χ0v) is 13.4. The van der Waals surface area contributed by atoms with Gasteiger partial charge in [-0.25, -0.2) is 8.42 Å². The highest BCUT2D eigenvalue weighted by molar-refractivity contribution is 8.14. The summed E-state index contributed by atoms with van der Waals surface area (Å²) < 4.78 is 22.7. The summed E-state index contributed by atoms with van der Waals surface area (Å²) in [6.45, 7) is 3.76. The largest absolute Gasteiger partial charge is 0.361 e. The van der Waals surface area contributed by atoms with Crippen molar-refractivity contribution in [3.63, 3.8) is 0 Å². The van der Waals surface area contributed by atoms with Crippen molar-refractivity contribution in [3.05, 3.63) is 29.8 Å². The van der Waals surface area contributed by atoms with Gasteiger partial charge in [0.15, 0.2) is 15.0 Å². The molecule has 0 saturated heterocycles. The second-order valence-corrected chi connectivity index (χ2v) is 8.25. The van der Waals surface area contributed by atoms with Crippen LogP contribution in [0.25, 0.3) is 0 Å². The van der Waals surface area contributed by atoms with Crippen LogP contribution in [0.4, 0.5) is 0 Å². The summed E-state index contributed by atoms with van der Waals surface area (Å²) in [5.74, 6) is 0. The Labute approximate surface area is 125 Å². The van der Waals surface area contributed by atoms with Gasteiger partial charge in [0.05, 0.1) is 11.4 Å². The van der Waals surface area contributed by atoms with Gasteiger partial charge in [0, 0.05) is 18.1 Å². The van der Waals surface area contributed by atoms with Crippen LogP contribution < -0.4 is 5.32 Å². The number of thioether (sulfide) groups is 1. The second kappa shape index (κ2) is 6.63. The average molecular weight is 312 g/mol. The van der Waals surface area contributed by atoms with E-state index in [1.165, 1.54) is 19.1 Å². The molecule has 1 unspecified atom stereocenters. The van der Waals surface area contributed by atoms with Crippen LogP contribution in [0.2, 0.25) is 0 Å². The number of aliphatic imine (C=N–C) groups is 1. The highest BCUT2D eigenvalue weighted by Gasteiger charge is 2.18. The number of nitrogens with zero attached hydrogens (tertiary/aromatic N) is 1. The zero-order valence-electron chi connectivity index (χ0n) is 11.8. The number of nitrogens with one attached hydrogen (secondary N) is 1. The van der Waals surface area contributed by atoms with E-state index in [0.29, 0.717) is 16.7 Å². The van der Waals surface area contributed by atoms with Crippen molar-refractivity contribution in [1.29, 1.82) is 0 Å². The minimum Gasteiger partial charge on any atom is -0.361 e. The highest BCUT2D eigenvalue weighted by Crippen LogP contribution is 2.23. The molecule has 0 fully saturated rings. The quantitative estimate of drug-likeness (QED) is 0.907. The summed E-state index contributed by atoms with van der Waals surface area (Å²) in [5, 5.41) is 4.91. The summed E-state index contributed by atoms with van der Waals surface area (Å²) in [4.78, 5) is 4.84. The molecule has 1 aliphatic rings. The Hall–Kier alpha value is -1.01. The fourth-order valence-electron chi connectivity index (χ4n) is 2.02. The molecule has 1 aromatic carbocycles. The molecule has 0 bridgehead atoms. The van der Waals surface area contributed by atoms with Gasteiger partial charge in [-0.2, -0.15) is 0 Å². The van der Waals surface area contributed by atoms with Gasteiger partial charge in [-0.15, -0.1) is 0 Å².